The summed E-state index contributed by atoms with van der Waals surface area (Å²) in [6, 6.07) is 10.9. The molecule has 0 spiro atoms. The first-order valence-corrected chi connectivity index (χ1v) is 12.3. The summed E-state index contributed by atoms with van der Waals surface area (Å²) in [5, 5.41) is 0.162. The standard InChI is InChI=1S/C21H34OSi/c1-20(2)18(22)15-11-8-12-16-19(20)23(5,6)21(3,4)17-13-9-7-10-14-17/h7,9-10,13-14,19H,8,11-12,15-16H2,1-6H3. The van der Waals surface area contributed by atoms with Gasteiger partial charge >= 0.3 is 0 Å². The summed E-state index contributed by atoms with van der Waals surface area (Å²) in [5.41, 5.74) is 1.79. The van der Waals surface area contributed by atoms with Crippen LogP contribution in [0.4, 0.5) is 0 Å². The van der Waals surface area contributed by atoms with E-state index >= 15 is 0 Å². The maximum absolute atomic E-state index is 12.8. The summed E-state index contributed by atoms with van der Waals surface area (Å²) in [7, 11) is -1.72. The average molecular weight is 331 g/mol. The first kappa shape index (κ1) is 18.4. The Morgan fingerprint density at radius 2 is 1.65 bits per heavy atom. The number of ketones is 1. The fourth-order valence-corrected chi connectivity index (χ4v) is 9.29. The molecule has 2 heteroatoms. The lowest BCUT2D eigenvalue weighted by molar-refractivity contribution is -0.128. The minimum Gasteiger partial charge on any atom is -0.299 e. The third-order valence-electron chi connectivity index (χ3n) is 6.96. The Balaban J connectivity index is 2.44. The molecule has 1 nitrogen and oxygen atoms in total. The van der Waals surface area contributed by atoms with Crippen LogP contribution in [-0.2, 0) is 9.83 Å². The molecule has 1 aliphatic rings. The molecular formula is C21H34OSi. The van der Waals surface area contributed by atoms with Crippen molar-refractivity contribution in [2.24, 2.45) is 5.41 Å². The van der Waals surface area contributed by atoms with Gasteiger partial charge in [0, 0.05) is 11.8 Å². The normalized spacial score (nSPS) is 23.2. The van der Waals surface area contributed by atoms with Crippen LogP contribution in [0.2, 0.25) is 18.6 Å². The average Bonchev–Trinajstić information content (AvgIpc) is 2.49. The van der Waals surface area contributed by atoms with Gasteiger partial charge in [0.05, 0.1) is 8.07 Å². The monoisotopic (exact) mass is 330 g/mol. The molecule has 0 aromatic heterocycles. The van der Waals surface area contributed by atoms with E-state index in [0.717, 1.165) is 12.8 Å². The van der Waals surface area contributed by atoms with Gasteiger partial charge in [0.1, 0.15) is 5.78 Å². The van der Waals surface area contributed by atoms with Gasteiger partial charge in [-0.2, -0.15) is 0 Å². The molecule has 1 aromatic carbocycles. The maximum Gasteiger partial charge on any atom is 0.138 e. The third-order valence-corrected chi connectivity index (χ3v) is 13.2. The summed E-state index contributed by atoms with van der Waals surface area (Å²) in [6.07, 6.45) is 5.57. The summed E-state index contributed by atoms with van der Waals surface area (Å²) in [6.45, 7) is 14.3. The van der Waals surface area contributed by atoms with Crippen LogP contribution in [0.5, 0.6) is 0 Å². The van der Waals surface area contributed by atoms with E-state index in [1.165, 1.54) is 24.8 Å². The molecule has 0 aliphatic heterocycles. The Morgan fingerprint density at radius 3 is 2.26 bits per heavy atom. The van der Waals surface area contributed by atoms with E-state index in [1.807, 2.05) is 0 Å². The minimum atomic E-state index is -1.72. The second kappa shape index (κ2) is 6.55. The van der Waals surface area contributed by atoms with E-state index in [9.17, 15) is 4.79 Å². The Kier molecular flexibility index (Phi) is 5.25. The van der Waals surface area contributed by atoms with Crippen molar-refractivity contribution in [1.29, 1.82) is 0 Å². The molecule has 0 heterocycles. The van der Waals surface area contributed by atoms with Crippen molar-refractivity contribution in [2.75, 3.05) is 0 Å². The fraction of sp³-hybridized carbons (Fsp3) is 0.667. The van der Waals surface area contributed by atoms with Crippen LogP contribution >= 0.6 is 0 Å². The first-order valence-electron chi connectivity index (χ1n) is 9.20. The highest BCUT2D eigenvalue weighted by molar-refractivity contribution is 6.81. The summed E-state index contributed by atoms with van der Waals surface area (Å²) >= 11 is 0. The van der Waals surface area contributed by atoms with Gasteiger partial charge in [0.2, 0.25) is 0 Å². The van der Waals surface area contributed by atoms with Crippen molar-refractivity contribution in [2.45, 2.75) is 83.5 Å². The number of hydrogen-bond donors (Lipinski definition) is 0. The highest BCUT2D eigenvalue weighted by Crippen LogP contribution is 2.52. The highest BCUT2D eigenvalue weighted by Gasteiger charge is 2.52. The van der Waals surface area contributed by atoms with E-state index in [-0.39, 0.29) is 10.5 Å². The number of hydrogen-bond acceptors (Lipinski definition) is 1. The topological polar surface area (TPSA) is 17.1 Å². The SMILES string of the molecule is CC1(C)C(=O)CCCCCC1[Si](C)(C)C(C)(C)c1ccccc1. The van der Waals surface area contributed by atoms with Crippen LogP contribution in [0, 0.1) is 5.41 Å². The second-order valence-corrected chi connectivity index (χ2v) is 14.4. The Labute approximate surface area is 143 Å². The molecule has 0 saturated heterocycles. The second-order valence-electron chi connectivity index (χ2n) is 9.01. The highest BCUT2D eigenvalue weighted by atomic mass is 28.3. The van der Waals surface area contributed by atoms with Crippen LogP contribution in [0.15, 0.2) is 30.3 Å². The van der Waals surface area contributed by atoms with Crippen molar-refractivity contribution >= 4 is 13.9 Å². The zero-order chi connectivity index (χ0) is 17.3. The molecule has 128 valence electrons. The third kappa shape index (κ3) is 3.33. The van der Waals surface area contributed by atoms with Crippen molar-refractivity contribution in [3.8, 4) is 0 Å². The molecule has 23 heavy (non-hydrogen) atoms. The molecule has 0 radical (unpaired) electrons. The number of carbonyl (C=O) groups is 1. The summed E-state index contributed by atoms with van der Waals surface area (Å²) in [4.78, 5) is 12.8. The predicted octanol–water partition coefficient (Wildman–Crippen LogP) is 6.14. The molecule has 0 bridgehead atoms. The summed E-state index contributed by atoms with van der Waals surface area (Å²) < 4.78 is 0. The number of rotatable bonds is 3. The van der Waals surface area contributed by atoms with E-state index in [0.29, 0.717) is 11.3 Å². The lowest BCUT2D eigenvalue weighted by atomic mass is 9.78. The molecular weight excluding hydrogens is 296 g/mol. The van der Waals surface area contributed by atoms with Gasteiger partial charge in [-0.3, -0.25) is 4.79 Å². The van der Waals surface area contributed by atoms with Crippen molar-refractivity contribution in [3.05, 3.63) is 35.9 Å². The predicted molar refractivity (Wildman–Crippen MR) is 103 cm³/mol. The van der Waals surface area contributed by atoms with Crippen LogP contribution in [0.25, 0.3) is 0 Å². The van der Waals surface area contributed by atoms with E-state index in [1.54, 1.807) is 0 Å². The van der Waals surface area contributed by atoms with Crippen molar-refractivity contribution in [3.63, 3.8) is 0 Å². The molecule has 1 aliphatic carbocycles. The number of benzene rings is 1. The van der Waals surface area contributed by atoms with Crippen LogP contribution < -0.4 is 0 Å². The minimum absolute atomic E-state index is 0.162. The zero-order valence-corrected chi connectivity index (χ0v) is 16.9. The molecule has 1 saturated carbocycles. The van der Waals surface area contributed by atoms with Gasteiger partial charge in [-0.15, -0.1) is 0 Å². The van der Waals surface area contributed by atoms with Gasteiger partial charge in [0.25, 0.3) is 0 Å². The van der Waals surface area contributed by atoms with Gasteiger partial charge in [-0.25, -0.2) is 0 Å². The summed E-state index contributed by atoms with van der Waals surface area (Å²) in [5.74, 6) is 0.492. The Bertz CT molecular complexity index is 542. The molecule has 2 rings (SSSR count). The number of Topliss-reactive ketones (excluding diaryl/α,β-unsaturated/α-hetero) is 1. The van der Waals surface area contributed by atoms with Crippen molar-refractivity contribution < 1.29 is 4.79 Å². The lowest BCUT2D eigenvalue weighted by Gasteiger charge is -2.52. The van der Waals surface area contributed by atoms with Gasteiger partial charge in [-0.05, 0) is 22.6 Å². The fourth-order valence-electron chi connectivity index (χ4n) is 4.61. The van der Waals surface area contributed by atoms with Gasteiger partial charge in [0.15, 0.2) is 0 Å². The Hall–Kier alpha value is -0.893. The van der Waals surface area contributed by atoms with Gasteiger partial charge < -0.3 is 0 Å². The smallest absolute Gasteiger partial charge is 0.138 e. The largest absolute Gasteiger partial charge is 0.299 e. The molecule has 0 N–H and O–H groups in total. The van der Waals surface area contributed by atoms with Crippen molar-refractivity contribution in [1.82, 2.24) is 0 Å². The van der Waals surface area contributed by atoms with Crippen LogP contribution in [-0.4, -0.2) is 13.9 Å². The molecule has 1 unspecified atom stereocenters. The lowest BCUT2D eigenvalue weighted by Crippen LogP contribution is -2.56. The molecule has 1 aromatic rings. The van der Waals surface area contributed by atoms with E-state index in [4.69, 9.17) is 0 Å². The van der Waals surface area contributed by atoms with Crippen LogP contribution in [0.3, 0.4) is 0 Å². The van der Waals surface area contributed by atoms with E-state index in [2.05, 4.69) is 71.1 Å². The van der Waals surface area contributed by atoms with Crippen LogP contribution in [0.1, 0.15) is 65.4 Å². The molecule has 1 atom stereocenters. The molecule has 1 fully saturated rings. The van der Waals surface area contributed by atoms with E-state index < -0.39 is 8.07 Å². The van der Waals surface area contributed by atoms with Gasteiger partial charge in [-0.1, -0.05) is 90.4 Å². The number of carbonyl (C=O) groups excluding carboxylic acids is 1. The zero-order valence-electron chi connectivity index (χ0n) is 15.9. The first-order chi connectivity index (χ1) is 10.6. The quantitative estimate of drug-likeness (QED) is 0.608. The molecule has 0 amide bonds. The Morgan fingerprint density at radius 1 is 1.04 bits per heavy atom. The maximum atomic E-state index is 12.8.